The monoisotopic (exact) mass is 438 g/mol. The van der Waals surface area contributed by atoms with Crippen molar-refractivity contribution in [3.63, 3.8) is 0 Å². The number of methoxy groups -OCH3 is 2. The van der Waals surface area contributed by atoms with Crippen molar-refractivity contribution in [1.29, 1.82) is 0 Å². The molecule has 0 bridgehead atoms. The van der Waals surface area contributed by atoms with Crippen LogP contribution >= 0.6 is 0 Å². The normalized spacial score (nSPS) is 12.8. The van der Waals surface area contributed by atoms with E-state index in [9.17, 15) is 15.3 Å². The number of phenolic OH excluding ortho intramolecular Hbond substituents is 2. The number of hydrogen-bond donors (Lipinski definition) is 3. The summed E-state index contributed by atoms with van der Waals surface area (Å²) >= 11 is 0. The first-order valence-electron chi connectivity index (χ1n) is 10.4. The Morgan fingerprint density at radius 1 is 0.781 bits per heavy atom. The van der Waals surface area contributed by atoms with Gasteiger partial charge in [-0.3, -0.25) is 0 Å². The van der Waals surface area contributed by atoms with E-state index in [2.05, 4.69) is 0 Å². The molecule has 0 aliphatic carbocycles. The average molecular weight is 439 g/mol. The van der Waals surface area contributed by atoms with Crippen LogP contribution in [0.2, 0.25) is 0 Å². The second kappa shape index (κ2) is 9.83. The lowest BCUT2D eigenvalue weighted by atomic mass is 9.84. The van der Waals surface area contributed by atoms with Crippen molar-refractivity contribution in [1.82, 2.24) is 0 Å². The molecule has 3 rings (SSSR count). The number of rotatable bonds is 8. The second-order valence-corrected chi connectivity index (χ2v) is 7.92. The molecule has 0 aliphatic rings. The molecule has 32 heavy (non-hydrogen) atoms. The number of aliphatic hydroxyl groups is 1. The molecule has 3 aromatic carbocycles. The van der Waals surface area contributed by atoms with E-state index in [1.165, 1.54) is 7.11 Å². The Hall–Kier alpha value is -3.38. The molecule has 0 amide bonds. The highest BCUT2D eigenvalue weighted by molar-refractivity contribution is 5.53. The second-order valence-electron chi connectivity index (χ2n) is 7.92. The van der Waals surface area contributed by atoms with E-state index >= 15 is 0 Å². The topological polar surface area (TPSA) is 88.4 Å². The largest absolute Gasteiger partial charge is 0.508 e. The van der Waals surface area contributed by atoms with Gasteiger partial charge in [-0.1, -0.05) is 29.8 Å². The quantitative estimate of drug-likeness (QED) is 0.476. The van der Waals surface area contributed by atoms with E-state index in [-0.39, 0.29) is 18.1 Å². The maximum Gasteiger partial charge on any atom is 0.161 e. The average Bonchev–Trinajstić information content (AvgIpc) is 2.78. The highest BCUT2D eigenvalue weighted by Gasteiger charge is 2.31. The van der Waals surface area contributed by atoms with Gasteiger partial charge < -0.3 is 29.5 Å². The van der Waals surface area contributed by atoms with Gasteiger partial charge in [0, 0.05) is 5.56 Å². The molecule has 0 heterocycles. The summed E-state index contributed by atoms with van der Waals surface area (Å²) in [5.41, 5.74) is 3.91. The summed E-state index contributed by atoms with van der Waals surface area (Å²) in [6, 6.07) is 14.4. The molecular formula is C26H30O6. The lowest BCUT2D eigenvalue weighted by Crippen LogP contribution is -2.30. The molecule has 2 unspecified atom stereocenters. The zero-order chi connectivity index (χ0) is 23.4. The van der Waals surface area contributed by atoms with Crippen LogP contribution in [0.4, 0.5) is 0 Å². The van der Waals surface area contributed by atoms with Crippen LogP contribution in [0.5, 0.6) is 28.7 Å². The summed E-state index contributed by atoms with van der Waals surface area (Å²) in [6.45, 7) is 5.33. The molecule has 0 aliphatic heterocycles. The van der Waals surface area contributed by atoms with Crippen molar-refractivity contribution in [2.45, 2.75) is 32.8 Å². The minimum atomic E-state index is -0.757. The van der Waals surface area contributed by atoms with Gasteiger partial charge in [0.1, 0.15) is 11.9 Å². The van der Waals surface area contributed by atoms with Crippen molar-refractivity contribution in [2.24, 2.45) is 0 Å². The molecule has 0 radical (unpaired) electrons. The van der Waals surface area contributed by atoms with E-state index in [4.69, 9.17) is 14.2 Å². The lowest BCUT2D eigenvalue weighted by molar-refractivity contribution is 0.0988. The summed E-state index contributed by atoms with van der Waals surface area (Å²) in [4.78, 5) is 0. The molecule has 0 saturated heterocycles. The summed E-state index contributed by atoms with van der Waals surface area (Å²) < 4.78 is 17.1. The first kappa shape index (κ1) is 23.3. The summed E-state index contributed by atoms with van der Waals surface area (Å²) in [5.74, 6) is 0.918. The first-order valence-corrected chi connectivity index (χ1v) is 10.4. The van der Waals surface area contributed by atoms with Crippen LogP contribution in [0.25, 0.3) is 0 Å². The standard InChI is InChI=1S/C26H30O6/c1-15-6-8-20(28)19(10-15)25(18-12-17(3)26(29)23(13-18)31-5)24(14-27)32-21-9-7-16(2)11-22(21)30-4/h6-13,24-25,27-29H,14H2,1-5H3. The lowest BCUT2D eigenvalue weighted by Gasteiger charge is -2.29. The Balaban J connectivity index is 2.18. The number of benzene rings is 3. The number of aryl methyl sites for hydroxylation is 3. The summed E-state index contributed by atoms with van der Waals surface area (Å²) in [7, 11) is 3.04. The fraction of sp³-hybridized carbons (Fsp3) is 0.308. The summed E-state index contributed by atoms with van der Waals surface area (Å²) in [5, 5.41) is 31.4. The van der Waals surface area contributed by atoms with Crippen LogP contribution in [0.3, 0.4) is 0 Å². The molecule has 170 valence electrons. The third kappa shape index (κ3) is 4.75. The highest BCUT2D eigenvalue weighted by Crippen LogP contribution is 2.41. The number of aromatic hydroxyl groups is 2. The van der Waals surface area contributed by atoms with Crippen molar-refractivity contribution < 1.29 is 29.5 Å². The molecule has 0 spiro atoms. The van der Waals surface area contributed by atoms with Crippen LogP contribution in [0.15, 0.2) is 48.5 Å². The SMILES string of the molecule is COc1cc(C)ccc1OC(CO)C(c1cc(C)c(O)c(OC)c1)c1cc(C)ccc1O. The zero-order valence-corrected chi connectivity index (χ0v) is 19.0. The molecule has 6 nitrogen and oxygen atoms in total. The van der Waals surface area contributed by atoms with Crippen LogP contribution < -0.4 is 14.2 Å². The predicted molar refractivity (Wildman–Crippen MR) is 123 cm³/mol. The van der Waals surface area contributed by atoms with E-state index in [1.54, 1.807) is 32.2 Å². The smallest absolute Gasteiger partial charge is 0.161 e. The Morgan fingerprint density at radius 3 is 2.09 bits per heavy atom. The molecule has 0 saturated carbocycles. The van der Waals surface area contributed by atoms with Crippen LogP contribution in [-0.2, 0) is 0 Å². The molecule has 0 fully saturated rings. The van der Waals surface area contributed by atoms with Crippen LogP contribution in [0.1, 0.15) is 33.7 Å². The number of hydrogen-bond acceptors (Lipinski definition) is 6. The van der Waals surface area contributed by atoms with Crippen LogP contribution in [-0.4, -0.2) is 42.3 Å². The Labute approximate surface area is 188 Å². The van der Waals surface area contributed by atoms with E-state index in [0.29, 0.717) is 28.4 Å². The van der Waals surface area contributed by atoms with Gasteiger partial charge in [0.05, 0.1) is 26.7 Å². The fourth-order valence-corrected chi connectivity index (χ4v) is 3.87. The molecule has 0 aromatic heterocycles. The predicted octanol–water partition coefficient (Wildman–Crippen LogP) is 4.61. The Bertz CT molecular complexity index is 1090. The number of aliphatic hydroxyl groups excluding tert-OH is 1. The van der Waals surface area contributed by atoms with Gasteiger partial charge in [-0.2, -0.15) is 0 Å². The minimum Gasteiger partial charge on any atom is -0.508 e. The number of ether oxygens (including phenoxy) is 3. The Morgan fingerprint density at radius 2 is 1.44 bits per heavy atom. The minimum absolute atomic E-state index is 0.0464. The highest BCUT2D eigenvalue weighted by atomic mass is 16.5. The number of phenols is 2. The van der Waals surface area contributed by atoms with Gasteiger partial charge in [-0.25, -0.2) is 0 Å². The van der Waals surface area contributed by atoms with Gasteiger partial charge in [0.15, 0.2) is 23.0 Å². The molecule has 3 aromatic rings. The maximum atomic E-state index is 10.7. The third-order valence-corrected chi connectivity index (χ3v) is 5.53. The van der Waals surface area contributed by atoms with Gasteiger partial charge in [0.25, 0.3) is 0 Å². The third-order valence-electron chi connectivity index (χ3n) is 5.53. The van der Waals surface area contributed by atoms with Gasteiger partial charge in [0.2, 0.25) is 0 Å². The van der Waals surface area contributed by atoms with Crippen LogP contribution in [0, 0.1) is 20.8 Å². The van der Waals surface area contributed by atoms with Crippen molar-refractivity contribution >= 4 is 0 Å². The zero-order valence-electron chi connectivity index (χ0n) is 19.0. The van der Waals surface area contributed by atoms with Gasteiger partial charge in [-0.05, 0) is 61.7 Å². The molecular weight excluding hydrogens is 408 g/mol. The molecule has 3 N–H and O–H groups in total. The van der Waals surface area contributed by atoms with Gasteiger partial charge >= 0.3 is 0 Å². The Kier molecular flexibility index (Phi) is 7.15. The maximum absolute atomic E-state index is 10.7. The summed E-state index contributed by atoms with van der Waals surface area (Å²) in [6.07, 6.45) is -0.757. The molecule has 2 atom stereocenters. The van der Waals surface area contributed by atoms with E-state index in [1.807, 2.05) is 44.2 Å². The van der Waals surface area contributed by atoms with Crippen molar-refractivity contribution in [2.75, 3.05) is 20.8 Å². The van der Waals surface area contributed by atoms with E-state index in [0.717, 1.165) is 16.7 Å². The van der Waals surface area contributed by atoms with Gasteiger partial charge in [-0.15, -0.1) is 0 Å². The van der Waals surface area contributed by atoms with Crippen molar-refractivity contribution in [3.05, 3.63) is 76.3 Å². The molecule has 6 heteroatoms. The fourth-order valence-electron chi connectivity index (χ4n) is 3.87. The van der Waals surface area contributed by atoms with E-state index < -0.39 is 12.0 Å². The first-order chi connectivity index (χ1) is 15.3. The van der Waals surface area contributed by atoms with Crippen molar-refractivity contribution in [3.8, 4) is 28.7 Å².